The van der Waals surface area contributed by atoms with Crippen LogP contribution in [-0.4, -0.2) is 52.2 Å². The van der Waals surface area contributed by atoms with Crippen molar-refractivity contribution in [1.29, 1.82) is 0 Å². The molecule has 0 spiro atoms. The summed E-state index contributed by atoms with van der Waals surface area (Å²) in [5.74, 6) is -0.236. The summed E-state index contributed by atoms with van der Waals surface area (Å²) in [7, 11) is 0. The summed E-state index contributed by atoms with van der Waals surface area (Å²) in [6.07, 6.45) is 4.97. The average molecular weight is 611 g/mol. The number of ether oxygens (including phenoxy) is 2. The van der Waals surface area contributed by atoms with Gasteiger partial charge in [-0.1, -0.05) is 42.5 Å². The van der Waals surface area contributed by atoms with Gasteiger partial charge < -0.3 is 29.8 Å². The first-order chi connectivity index (χ1) is 21.8. The van der Waals surface area contributed by atoms with Crippen molar-refractivity contribution in [3.63, 3.8) is 0 Å². The molecule has 45 heavy (non-hydrogen) atoms. The number of aryl methyl sites for hydroxylation is 1. The van der Waals surface area contributed by atoms with E-state index >= 15 is 0 Å². The zero-order valence-corrected chi connectivity index (χ0v) is 25.5. The van der Waals surface area contributed by atoms with Crippen molar-refractivity contribution < 1.29 is 29.0 Å². The van der Waals surface area contributed by atoms with Crippen molar-refractivity contribution in [2.75, 3.05) is 18.1 Å². The largest absolute Gasteiger partial charge is 0.493 e. The molecule has 0 saturated carbocycles. The van der Waals surface area contributed by atoms with E-state index in [1.54, 1.807) is 6.20 Å². The van der Waals surface area contributed by atoms with E-state index in [0.29, 0.717) is 31.7 Å². The molecular weight excluding hydrogens is 572 g/mol. The first-order valence-electron chi connectivity index (χ1n) is 15.1. The number of carboxylic acid groups (broad SMARTS) is 1. The van der Waals surface area contributed by atoms with Crippen molar-refractivity contribution in [3.05, 3.63) is 101 Å². The minimum Gasteiger partial charge on any atom is -0.493 e. The molecule has 0 radical (unpaired) electrons. The number of imidazole rings is 1. The molecule has 3 N–H and O–H groups in total. The molecule has 0 aliphatic carbocycles. The highest BCUT2D eigenvalue weighted by molar-refractivity contribution is 5.96. The molecule has 0 saturated heterocycles. The zero-order valence-electron chi connectivity index (χ0n) is 25.5. The molecule has 1 aliphatic heterocycles. The molecule has 0 fully saturated rings. The standard InChI is InChI=1S/C35H38N4O6/c1-23-8-3-14-32(24(23)2)44-17-7-15-33(40)39-16-6-12-29-28(11-5-13-31(29)39)26-10-4-9-25(18-26)21-45-35(43)38-30(34(41)42)19-27-20-36-22-37-27/h3-5,8-11,13-14,18,20,22,30H,6-7,12,15-17,19,21H2,1-2H3,(H,36,37)(H,38,43)(H,41,42)/t30-/m1/s1. The van der Waals surface area contributed by atoms with Gasteiger partial charge in [-0.05, 0) is 84.7 Å². The van der Waals surface area contributed by atoms with Gasteiger partial charge in [0.15, 0.2) is 0 Å². The van der Waals surface area contributed by atoms with Gasteiger partial charge in [-0.15, -0.1) is 0 Å². The number of aliphatic carboxylic acids is 1. The van der Waals surface area contributed by atoms with Crippen LogP contribution in [0.15, 0.2) is 73.2 Å². The molecular formula is C35H38N4O6. The van der Waals surface area contributed by atoms with E-state index in [0.717, 1.165) is 52.1 Å². The minimum atomic E-state index is -1.18. The number of carbonyl (C=O) groups excluding carboxylic acids is 2. The lowest BCUT2D eigenvalue weighted by Crippen LogP contribution is -2.42. The van der Waals surface area contributed by atoms with E-state index in [2.05, 4.69) is 28.3 Å². The minimum absolute atomic E-state index is 0.0296. The number of nitrogens with one attached hydrogen (secondary N) is 2. The maximum absolute atomic E-state index is 13.3. The lowest BCUT2D eigenvalue weighted by atomic mass is 9.91. The van der Waals surface area contributed by atoms with E-state index in [-0.39, 0.29) is 18.9 Å². The summed E-state index contributed by atoms with van der Waals surface area (Å²) in [5, 5.41) is 11.9. The van der Waals surface area contributed by atoms with Crippen molar-refractivity contribution in [2.45, 2.75) is 58.6 Å². The molecule has 0 unspecified atom stereocenters. The third-order valence-corrected chi connectivity index (χ3v) is 8.07. The summed E-state index contributed by atoms with van der Waals surface area (Å²) in [4.78, 5) is 46.0. The lowest BCUT2D eigenvalue weighted by Gasteiger charge is -2.31. The Balaban J connectivity index is 1.20. The molecule has 234 valence electrons. The Morgan fingerprint density at radius 2 is 1.91 bits per heavy atom. The monoisotopic (exact) mass is 610 g/mol. The fourth-order valence-electron chi connectivity index (χ4n) is 5.55. The third kappa shape index (κ3) is 7.89. The summed E-state index contributed by atoms with van der Waals surface area (Å²) < 4.78 is 11.3. The topological polar surface area (TPSA) is 134 Å². The fourth-order valence-corrected chi connectivity index (χ4v) is 5.55. The molecule has 3 aromatic carbocycles. The van der Waals surface area contributed by atoms with Gasteiger partial charge in [0.2, 0.25) is 5.91 Å². The second-order valence-corrected chi connectivity index (χ2v) is 11.2. The number of fused-ring (bicyclic) bond motifs is 1. The van der Waals surface area contributed by atoms with Crippen molar-refractivity contribution in [1.82, 2.24) is 15.3 Å². The molecule has 10 heteroatoms. The number of benzene rings is 3. The van der Waals surface area contributed by atoms with Crippen LogP contribution in [0.3, 0.4) is 0 Å². The van der Waals surface area contributed by atoms with E-state index in [4.69, 9.17) is 9.47 Å². The summed E-state index contributed by atoms with van der Waals surface area (Å²) >= 11 is 0. The van der Waals surface area contributed by atoms with Gasteiger partial charge in [0.25, 0.3) is 0 Å². The van der Waals surface area contributed by atoms with Gasteiger partial charge >= 0.3 is 12.1 Å². The lowest BCUT2D eigenvalue weighted by molar-refractivity contribution is -0.139. The smallest absolute Gasteiger partial charge is 0.408 e. The molecule has 5 rings (SSSR count). The number of H-pyrrole nitrogens is 1. The number of hydrogen-bond donors (Lipinski definition) is 3. The number of amides is 2. The van der Waals surface area contributed by atoms with Crippen molar-refractivity contribution in [3.8, 4) is 16.9 Å². The molecule has 2 heterocycles. The Hall–Kier alpha value is -5.12. The number of aromatic amines is 1. The molecule has 2 amide bonds. The number of carbonyl (C=O) groups is 3. The van der Waals surface area contributed by atoms with Gasteiger partial charge in [0.1, 0.15) is 18.4 Å². The molecule has 0 bridgehead atoms. The highest BCUT2D eigenvalue weighted by Gasteiger charge is 2.25. The maximum atomic E-state index is 13.3. The van der Waals surface area contributed by atoms with E-state index in [1.165, 1.54) is 11.9 Å². The zero-order chi connectivity index (χ0) is 31.8. The second-order valence-electron chi connectivity index (χ2n) is 11.2. The Labute approximate surface area is 262 Å². The number of carboxylic acids is 1. The quantitative estimate of drug-likeness (QED) is 0.174. The summed E-state index contributed by atoms with van der Waals surface area (Å²) in [6, 6.07) is 18.5. The van der Waals surface area contributed by atoms with Crippen LogP contribution >= 0.6 is 0 Å². The number of aromatic nitrogens is 2. The van der Waals surface area contributed by atoms with E-state index < -0.39 is 18.1 Å². The van der Waals surface area contributed by atoms with Crippen LogP contribution in [0.1, 0.15) is 47.2 Å². The van der Waals surface area contributed by atoms with Gasteiger partial charge in [-0.2, -0.15) is 0 Å². The Bertz CT molecular complexity index is 1650. The van der Waals surface area contributed by atoms with Gasteiger partial charge in [-0.25, -0.2) is 14.6 Å². The molecule has 1 atom stereocenters. The van der Waals surface area contributed by atoms with E-state index in [1.807, 2.05) is 66.4 Å². The van der Waals surface area contributed by atoms with Crippen LogP contribution in [-0.2, 0) is 33.8 Å². The predicted molar refractivity (Wildman–Crippen MR) is 170 cm³/mol. The SMILES string of the molecule is Cc1cccc(OCCCC(=O)N2CCCc3c(-c4cccc(COC(=O)N[C@H](Cc5c[nH]cn5)C(=O)O)c4)cccc32)c1C. The second kappa shape index (κ2) is 14.6. The summed E-state index contributed by atoms with van der Waals surface area (Å²) in [6.45, 7) is 5.22. The molecule has 1 aromatic heterocycles. The van der Waals surface area contributed by atoms with Crippen LogP contribution in [0, 0.1) is 13.8 Å². The maximum Gasteiger partial charge on any atom is 0.408 e. The van der Waals surface area contributed by atoms with Crippen LogP contribution in [0.25, 0.3) is 11.1 Å². The molecule has 10 nitrogen and oxygen atoms in total. The van der Waals surface area contributed by atoms with Crippen LogP contribution < -0.4 is 15.0 Å². The molecule has 4 aromatic rings. The van der Waals surface area contributed by atoms with Crippen LogP contribution in [0.4, 0.5) is 10.5 Å². The van der Waals surface area contributed by atoms with Crippen LogP contribution in [0.2, 0.25) is 0 Å². The molecule has 1 aliphatic rings. The number of rotatable bonds is 12. The van der Waals surface area contributed by atoms with Gasteiger partial charge in [-0.3, -0.25) is 4.79 Å². The van der Waals surface area contributed by atoms with E-state index in [9.17, 15) is 19.5 Å². The van der Waals surface area contributed by atoms with Crippen molar-refractivity contribution in [2.24, 2.45) is 0 Å². The Morgan fingerprint density at radius 3 is 2.71 bits per heavy atom. The fraction of sp³-hybridized carbons (Fsp3) is 0.314. The average Bonchev–Trinajstić information content (AvgIpc) is 3.56. The summed E-state index contributed by atoms with van der Waals surface area (Å²) in [5.41, 5.74) is 7.59. The Kier molecular flexibility index (Phi) is 10.1. The normalized spacial score (nSPS) is 13.1. The number of nitrogens with zero attached hydrogens (tertiary/aromatic N) is 2. The number of alkyl carbamates (subject to hydrolysis) is 1. The predicted octanol–water partition coefficient (Wildman–Crippen LogP) is 5.75. The highest BCUT2D eigenvalue weighted by Crippen LogP contribution is 2.36. The van der Waals surface area contributed by atoms with Gasteiger partial charge in [0, 0.05) is 31.3 Å². The number of anilines is 1. The Morgan fingerprint density at radius 1 is 1.09 bits per heavy atom. The first-order valence-corrected chi connectivity index (χ1v) is 15.1. The first kappa shape index (κ1) is 31.3. The third-order valence-electron chi connectivity index (χ3n) is 8.07. The van der Waals surface area contributed by atoms with Crippen LogP contribution in [0.5, 0.6) is 5.75 Å². The van der Waals surface area contributed by atoms with Gasteiger partial charge in [0.05, 0.1) is 18.6 Å². The van der Waals surface area contributed by atoms with Crippen molar-refractivity contribution >= 4 is 23.7 Å². The number of hydrogen-bond acceptors (Lipinski definition) is 6. The highest BCUT2D eigenvalue weighted by atomic mass is 16.5.